The predicted octanol–water partition coefficient (Wildman–Crippen LogP) is 3.46. The van der Waals surface area contributed by atoms with Crippen LogP contribution in [0.3, 0.4) is 0 Å². The molecule has 0 N–H and O–H groups in total. The Kier molecular flexibility index (Phi) is 5.94. The predicted molar refractivity (Wildman–Crippen MR) is 81.9 cm³/mol. The molecule has 0 unspecified atom stereocenters. The van der Waals surface area contributed by atoms with Gasteiger partial charge in [0.05, 0.1) is 0 Å². The number of rotatable bonds is 8. The normalized spacial score (nSPS) is 11.7. The Morgan fingerprint density at radius 2 is 1.36 bits per heavy atom. The second-order valence-corrected chi connectivity index (χ2v) is 4.54. The van der Waals surface area contributed by atoms with E-state index >= 15 is 0 Å². The lowest BCUT2D eigenvalue weighted by molar-refractivity contribution is -0.110. The summed E-state index contributed by atoms with van der Waals surface area (Å²) in [6.07, 6.45) is 6.10. The summed E-state index contributed by atoms with van der Waals surface area (Å²) in [7, 11) is 3.19. The number of hydrogen-bond donors (Lipinski definition) is 0. The zero-order valence-electron chi connectivity index (χ0n) is 12.6. The van der Waals surface area contributed by atoms with E-state index in [2.05, 4.69) is 0 Å². The quantitative estimate of drug-likeness (QED) is 0.699. The average Bonchev–Trinajstić information content (AvgIpc) is 3.13. The van der Waals surface area contributed by atoms with Gasteiger partial charge in [-0.2, -0.15) is 0 Å². The fourth-order valence-corrected chi connectivity index (χ4v) is 1.79. The lowest BCUT2D eigenvalue weighted by atomic mass is 10.3. The van der Waals surface area contributed by atoms with E-state index in [0.717, 1.165) is 0 Å². The van der Waals surface area contributed by atoms with Crippen LogP contribution in [0, 0.1) is 0 Å². The third-order valence-electron chi connectivity index (χ3n) is 2.76. The van der Waals surface area contributed by atoms with Crippen molar-refractivity contribution >= 4 is 17.9 Å². The first kappa shape index (κ1) is 16.0. The molecule has 2 rings (SSSR count). The van der Waals surface area contributed by atoms with E-state index in [1.165, 1.54) is 12.2 Å². The highest BCUT2D eigenvalue weighted by Gasteiger charge is 2.00. The lowest BCUT2D eigenvalue weighted by Gasteiger charge is -1.92. The molecule has 2 heterocycles. The highest BCUT2D eigenvalue weighted by atomic mass is 16.5. The van der Waals surface area contributed by atoms with Crippen LogP contribution in [0.5, 0.6) is 0 Å². The molecular formula is C17H18O5. The summed E-state index contributed by atoms with van der Waals surface area (Å²) in [6.45, 7) is 0.813. The molecule has 22 heavy (non-hydrogen) atoms. The van der Waals surface area contributed by atoms with Crippen LogP contribution in [0.4, 0.5) is 0 Å². The molecule has 0 radical (unpaired) electrons. The second kappa shape index (κ2) is 8.17. The molecule has 5 nitrogen and oxygen atoms in total. The topological polar surface area (TPSA) is 61.8 Å². The number of carbonyl (C=O) groups excluding carboxylic acids is 1. The summed E-state index contributed by atoms with van der Waals surface area (Å²) in [5.74, 6) is 2.48. The molecule has 0 amide bonds. The van der Waals surface area contributed by atoms with E-state index in [1.807, 2.05) is 12.1 Å². The number of hydrogen-bond acceptors (Lipinski definition) is 5. The fourth-order valence-electron chi connectivity index (χ4n) is 1.79. The van der Waals surface area contributed by atoms with Crippen molar-refractivity contribution in [2.24, 2.45) is 0 Å². The van der Waals surface area contributed by atoms with Gasteiger partial charge in [0, 0.05) is 14.2 Å². The smallest absolute Gasteiger partial charge is 0.178 e. The van der Waals surface area contributed by atoms with Gasteiger partial charge in [0.15, 0.2) is 5.78 Å². The Hall–Kier alpha value is -2.37. The Bertz CT molecular complexity index is 604. The lowest BCUT2D eigenvalue weighted by Crippen LogP contribution is -1.84. The van der Waals surface area contributed by atoms with Crippen LogP contribution in [0.15, 0.2) is 45.3 Å². The summed E-state index contributed by atoms with van der Waals surface area (Å²) in [5.41, 5.74) is 0. The molecule has 0 aliphatic carbocycles. The number of ether oxygens (including phenoxy) is 2. The van der Waals surface area contributed by atoms with Crippen LogP contribution < -0.4 is 0 Å². The van der Waals surface area contributed by atoms with Gasteiger partial charge in [0.1, 0.15) is 36.3 Å². The first-order valence-corrected chi connectivity index (χ1v) is 6.76. The SMILES string of the molecule is COCc1ccc(C=CC(=O)C=Cc2ccc(COC)o2)o1. The van der Waals surface area contributed by atoms with Gasteiger partial charge < -0.3 is 18.3 Å². The molecule has 0 fully saturated rings. The molecule has 0 saturated carbocycles. The number of carbonyl (C=O) groups is 1. The molecule has 0 atom stereocenters. The van der Waals surface area contributed by atoms with Crippen molar-refractivity contribution in [3.8, 4) is 0 Å². The summed E-state index contributed by atoms with van der Waals surface area (Å²) < 4.78 is 20.8. The summed E-state index contributed by atoms with van der Waals surface area (Å²) in [6, 6.07) is 7.18. The molecule has 5 heteroatoms. The molecular weight excluding hydrogens is 284 g/mol. The van der Waals surface area contributed by atoms with Crippen LogP contribution in [0.1, 0.15) is 23.0 Å². The minimum Gasteiger partial charge on any atom is -0.459 e. The third-order valence-corrected chi connectivity index (χ3v) is 2.76. The molecule has 2 aromatic rings. The monoisotopic (exact) mass is 302 g/mol. The molecule has 116 valence electrons. The second-order valence-electron chi connectivity index (χ2n) is 4.54. The van der Waals surface area contributed by atoms with Crippen molar-refractivity contribution in [2.45, 2.75) is 13.2 Å². The van der Waals surface area contributed by atoms with E-state index in [-0.39, 0.29) is 5.78 Å². The van der Waals surface area contributed by atoms with E-state index in [9.17, 15) is 4.79 Å². The maximum Gasteiger partial charge on any atom is 0.178 e. The van der Waals surface area contributed by atoms with Crippen LogP contribution in [0.2, 0.25) is 0 Å². The van der Waals surface area contributed by atoms with E-state index < -0.39 is 0 Å². The molecule has 0 aromatic carbocycles. The fraction of sp³-hybridized carbons (Fsp3) is 0.235. The van der Waals surface area contributed by atoms with Crippen molar-refractivity contribution < 1.29 is 23.1 Å². The van der Waals surface area contributed by atoms with Crippen LogP contribution in [-0.2, 0) is 27.5 Å². The van der Waals surface area contributed by atoms with Gasteiger partial charge >= 0.3 is 0 Å². The minimum absolute atomic E-state index is 0.158. The molecule has 0 saturated heterocycles. The summed E-state index contributed by atoms with van der Waals surface area (Å²) >= 11 is 0. The standard InChI is InChI=1S/C17H18O5/c1-19-11-16-9-7-14(21-16)5-3-13(18)4-6-15-8-10-17(22-15)12-20-2/h3-10H,11-12H2,1-2H3. The Morgan fingerprint density at radius 3 is 1.77 bits per heavy atom. The maximum atomic E-state index is 11.7. The Morgan fingerprint density at radius 1 is 0.909 bits per heavy atom. The van der Waals surface area contributed by atoms with E-state index in [4.69, 9.17) is 18.3 Å². The van der Waals surface area contributed by atoms with Gasteiger partial charge in [-0.05, 0) is 48.6 Å². The van der Waals surface area contributed by atoms with E-state index in [1.54, 1.807) is 38.5 Å². The van der Waals surface area contributed by atoms with Gasteiger partial charge in [-0.15, -0.1) is 0 Å². The van der Waals surface area contributed by atoms with Gasteiger partial charge in [-0.1, -0.05) is 0 Å². The van der Waals surface area contributed by atoms with Gasteiger partial charge in [-0.3, -0.25) is 4.79 Å². The van der Waals surface area contributed by atoms with Crippen molar-refractivity contribution in [3.05, 3.63) is 59.5 Å². The molecule has 0 aliphatic heterocycles. The largest absolute Gasteiger partial charge is 0.459 e. The number of allylic oxidation sites excluding steroid dienone is 2. The molecule has 0 spiro atoms. The van der Waals surface area contributed by atoms with Crippen molar-refractivity contribution in [1.82, 2.24) is 0 Å². The number of methoxy groups -OCH3 is 2. The average molecular weight is 302 g/mol. The molecule has 0 bridgehead atoms. The summed E-state index contributed by atoms with van der Waals surface area (Å²) in [5, 5.41) is 0. The number of furan rings is 2. The Labute approximate surface area is 128 Å². The van der Waals surface area contributed by atoms with Crippen LogP contribution in [0.25, 0.3) is 12.2 Å². The highest BCUT2D eigenvalue weighted by molar-refractivity contribution is 6.04. The van der Waals surface area contributed by atoms with Crippen LogP contribution in [-0.4, -0.2) is 20.0 Å². The van der Waals surface area contributed by atoms with Gasteiger partial charge in [0.2, 0.25) is 0 Å². The molecule has 0 aliphatic rings. The minimum atomic E-state index is -0.158. The van der Waals surface area contributed by atoms with Crippen LogP contribution >= 0.6 is 0 Å². The number of ketones is 1. The zero-order valence-corrected chi connectivity index (χ0v) is 12.6. The van der Waals surface area contributed by atoms with Gasteiger partial charge in [0.25, 0.3) is 0 Å². The van der Waals surface area contributed by atoms with Crippen molar-refractivity contribution in [2.75, 3.05) is 14.2 Å². The van der Waals surface area contributed by atoms with Gasteiger partial charge in [-0.25, -0.2) is 0 Å². The maximum absolute atomic E-state index is 11.7. The van der Waals surface area contributed by atoms with Crippen molar-refractivity contribution in [1.29, 1.82) is 0 Å². The van der Waals surface area contributed by atoms with E-state index in [0.29, 0.717) is 36.3 Å². The first-order valence-electron chi connectivity index (χ1n) is 6.76. The Balaban J connectivity index is 1.90. The summed E-state index contributed by atoms with van der Waals surface area (Å²) in [4.78, 5) is 11.7. The van der Waals surface area contributed by atoms with Crippen molar-refractivity contribution in [3.63, 3.8) is 0 Å². The highest BCUT2D eigenvalue weighted by Crippen LogP contribution is 2.12. The molecule has 2 aromatic heterocycles. The third kappa shape index (κ3) is 4.87. The zero-order chi connectivity index (χ0) is 15.8. The first-order chi connectivity index (χ1) is 10.7.